The Morgan fingerprint density at radius 2 is 1.56 bits per heavy atom. The van der Waals surface area contributed by atoms with Crippen molar-refractivity contribution >= 4 is 17.6 Å². The van der Waals surface area contributed by atoms with E-state index in [2.05, 4.69) is 17.1 Å². The van der Waals surface area contributed by atoms with Gasteiger partial charge in [0, 0.05) is 6.04 Å². The molecule has 0 bridgehead atoms. The molecule has 0 amide bonds. The van der Waals surface area contributed by atoms with Crippen molar-refractivity contribution in [2.45, 2.75) is 85.7 Å². The van der Waals surface area contributed by atoms with Crippen LogP contribution < -0.4 is 20.5 Å². The van der Waals surface area contributed by atoms with Crippen molar-refractivity contribution in [3.05, 3.63) is 89.5 Å². The fourth-order valence-electron chi connectivity index (χ4n) is 4.47. The quantitative estimate of drug-likeness (QED) is 0.0666. The average Bonchev–Trinajstić information content (AvgIpc) is 3.02. The number of hydrogen-bond acceptors (Lipinski definition) is 8. The number of nitrogens with zero attached hydrogens (tertiary/aromatic N) is 1. The summed E-state index contributed by atoms with van der Waals surface area (Å²) in [6.07, 6.45) is 2.19. The first-order valence-electron chi connectivity index (χ1n) is 15.8. The van der Waals surface area contributed by atoms with Gasteiger partial charge in [-0.25, -0.2) is 4.79 Å². The van der Waals surface area contributed by atoms with E-state index in [4.69, 9.17) is 19.9 Å². The molecule has 45 heavy (non-hydrogen) atoms. The van der Waals surface area contributed by atoms with E-state index in [9.17, 15) is 14.7 Å². The van der Waals surface area contributed by atoms with Gasteiger partial charge in [0.05, 0.1) is 17.9 Å². The van der Waals surface area contributed by atoms with Gasteiger partial charge in [-0.1, -0.05) is 83.5 Å². The molecule has 2 atom stereocenters. The maximum Gasteiger partial charge on any atom is 0.339 e. The third-order valence-electron chi connectivity index (χ3n) is 7.05. The molecule has 0 aliphatic rings. The molecule has 3 aromatic carbocycles. The van der Waals surface area contributed by atoms with Crippen LogP contribution in [0.25, 0.3) is 0 Å². The number of hydrogen-bond donors (Lipinski definition) is 3. The summed E-state index contributed by atoms with van der Waals surface area (Å²) >= 11 is 0. The second-order valence-corrected chi connectivity index (χ2v) is 11.0. The molecule has 0 aromatic heterocycles. The van der Waals surface area contributed by atoms with Crippen molar-refractivity contribution in [1.29, 1.82) is 0 Å². The minimum atomic E-state index is -0.830. The Labute approximate surface area is 268 Å². The number of nitrogens with two attached hydrogens (primary N) is 1. The van der Waals surface area contributed by atoms with Crippen LogP contribution in [0.15, 0.2) is 72.8 Å². The minimum Gasteiger partial charge on any atom is -0.491 e. The van der Waals surface area contributed by atoms with Gasteiger partial charge in [-0.05, 0) is 74.3 Å². The van der Waals surface area contributed by atoms with Crippen LogP contribution in [-0.4, -0.2) is 60.0 Å². The maximum atomic E-state index is 12.2. The first-order chi connectivity index (χ1) is 21.6. The zero-order valence-corrected chi connectivity index (χ0v) is 27.6. The Morgan fingerprint density at radius 1 is 0.889 bits per heavy atom. The lowest BCUT2D eigenvalue weighted by molar-refractivity contribution is -0.139. The number of nitrogens with one attached hydrogen (secondary N) is 1. The number of nitrogen functional groups attached to an aromatic ring is 1. The van der Waals surface area contributed by atoms with Gasteiger partial charge >= 0.3 is 11.9 Å². The topological polar surface area (TPSA) is 123 Å². The van der Waals surface area contributed by atoms with Crippen LogP contribution in [0.5, 0.6) is 11.5 Å². The van der Waals surface area contributed by atoms with Gasteiger partial charge in [0.1, 0.15) is 24.1 Å². The number of carboxylic acid groups (broad SMARTS) is 1. The molecule has 0 saturated heterocycles. The number of carbonyl (C=O) groups excluding carboxylic acids is 1. The van der Waals surface area contributed by atoms with E-state index in [1.807, 2.05) is 89.2 Å². The van der Waals surface area contributed by atoms with Crippen LogP contribution >= 0.6 is 0 Å². The zero-order chi connectivity index (χ0) is 33.2. The highest BCUT2D eigenvalue weighted by Gasteiger charge is 2.19. The van der Waals surface area contributed by atoms with Gasteiger partial charge < -0.3 is 30.4 Å². The maximum absolute atomic E-state index is 12.2. The number of carbonyl (C=O) groups is 2. The predicted octanol–water partition coefficient (Wildman–Crippen LogP) is 6.55. The number of anilines is 1. The number of aliphatic carboxylic acids is 1. The second-order valence-electron chi connectivity index (χ2n) is 11.0. The molecule has 0 heterocycles. The molecule has 0 fully saturated rings. The molecule has 0 radical (unpaired) electrons. The van der Waals surface area contributed by atoms with Crippen LogP contribution in [0, 0.1) is 0 Å². The first kappa shape index (κ1) is 37.1. The van der Waals surface area contributed by atoms with E-state index in [1.165, 1.54) is 0 Å². The lowest BCUT2D eigenvalue weighted by atomic mass is 10.1. The molecular weight excluding hydrogens is 570 g/mol. The molecule has 3 aromatic rings. The number of unbranched alkanes of at least 4 members (excludes halogenated alkanes) is 1. The third-order valence-corrected chi connectivity index (χ3v) is 7.05. The van der Waals surface area contributed by atoms with Crippen molar-refractivity contribution in [2.75, 3.05) is 25.4 Å². The predicted molar refractivity (Wildman–Crippen MR) is 180 cm³/mol. The highest BCUT2D eigenvalue weighted by Crippen LogP contribution is 2.24. The van der Waals surface area contributed by atoms with Crippen molar-refractivity contribution in [3.8, 4) is 11.5 Å². The largest absolute Gasteiger partial charge is 0.491 e. The third kappa shape index (κ3) is 13.6. The van der Waals surface area contributed by atoms with E-state index < -0.39 is 12.0 Å². The average molecular weight is 622 g/mol. The van der Waals surface area contributed by atoms with Crippen LogP contribution in [0.3, 0.4) is 0 Å². The molecule has 0 saturated carbocycles. The number of esters is 1. The molecule has 3 rings (SSSR count). The Hall–Kier alpha value is -4.08. The summed E-state index contributed by atoms with van der Waals surface area (Å²) in [5.74, 6) is 0.127. The fraction of sp³-hybridized carbons (Fsp3) is 0.444. The smallest absolute Gasteiger partial charge is 0.339 e. The van der Waals surface area contributed by atoms with E-state index in [0.717, 1.165) is 42.8 Å². The molecular formula is C36H51N3O6. The molecule has 9 heteroatoms. The molecule has 246 valence electrons. The van der Waals surface area contributed by atoms with Crippen LogP contribution in [0.1, 0.15) is 75.9 Å². The monoisotopic (exact) mass is 621 g/mol. The van der Waals surface area contributed by atoms with Crippen molar-refractivity contribution in [2.24, 2.45) is 0 Å². The van der Waals surface area contributed by atoms with Crippen LogP contribution in [-0.2, 0) is 22.6 Å². The minimum absolute atomic E-state index is 0.129. The van der Waals surface area contributed by atoms with E-state index in [-0.39, 0.29) is 18.2 Å². The molecule has 0 spiro atoms. The number of ether oxygens (including phenoxy) is 3. The molecule has 9 nitrogen and oxygen atoms in total. The SMILES string of the molecule is CC(C)N[C@H](Cc1ccc(OCc2ccccc2)cc1)C(=O)O.CCCCOc1cc(C(=O)OC(C)N(CC)CC)ccc1N. The van der Waals surface area contributed by atoms with Gasteiger partial charge in [0.25, 0.3) is 0 Å². The molecule has 4 N–H and O–H groups in total. The lowest BCUT2D eigenvalue weighted by Gasteiger charge is -2.25. The summed E-state index contributed by atoms with van der Waals surface area (Å²) in [4.78, 5) is 25.6. The highest BCUT2D eigenvalue weighted by atomic mass is 16.6. The Balaban J connectivity index is 0.000000314. The number of benzene rings is 3. The van der Waals surface area contributed by atoms with Crippen molar-refractivity contribution in [3.63, 3.8) is 0 Å². The van der Waals surface area contributed by atoms with E-state index in [0.29, 0.717) is 36.6 Å². The Morgan fingerprint density at radius 3 is 2.13 bits per heavy atom. The van der Waals surface area contributed by atoms with Gasteiger partial charge in [0.15, 0.2) is 6.23 Å². The second kappa shape index (κ2) is 20.0. The number of carboxylic acids is 1. The normalized spacial score (nSPS) is 12.2. The van der Waals surface area contributed by atoms with Gasteiger partial charge in [0.2, 0.25) is 0 Å². The fourth-order valence-corrected chi connectivity index (χ4v) is 4.47. The first-order valence-corrected chi connectivity index (χ1v) is 15.8. The van der Waals surface area contributed by atoms with Crippen molar-refractivity contribution < 1.29 is 28.9 Å². The highest BCUT2D eigenvalue weighted by molar-refractivity contribution is 5.90. The molecule has 1 unspecified atom stereocenters. The number of rotatable bonds is 17. The summed E-state index contributed by atoms with van der Waals surface area (Å²) in [6, 6.07) is 22.1. The zero-order valence-electron chi connectivity index (χ0n) is 27.6. The summed E-state index contributed by atoms with van der Waals surface area (Å²) in [5.41, 5.74) is 8.95. The molecule has 0 aliphatic heterocycles. The van der Waals surface area contributed by atoms with Crippen LogP contribution in [0.4, 0.5) is 5.69 Å². The van der Waals surface area contributed by atoms with Crippen molar-refractivity contribution in [1.82, 2.24) is 10.2 Å². The van der Waals surface area contributed by atoms with Crippen LogP contribution in [0.2, 0.25) is 0 Å². The summed E-state index contributed by atoms with van der Waals surface area (Å²) < 4.78 is 16.8. The van der Waals surface area contributed by atoms with Gasteiger partial charge in [-0.15, -0.1) is 0 Å². The standard InChI is InChI=1S/C19H23NO3.C17H28N2O3/c1-14(2)20-18(19(21)22)12-15-8-10-17(11-9-15)23-13-16-6-4-3-5-7-16;1-5-8-11-21-16-12-14(9-10-15(16)18)17(20)22-13(4)19(6-2)7-3/h3-11,14,18,20H,12-13H2,1-2H3,(H,21,22);9-10,12-13H,5-8,11,18H2,1-4H3/t18-;/m1./s1. The van der Waals surface area contributed by atoms with E-state index >= 15 is 0 Å². The Bertz CT molecular complexity index is 1280. The lowest BCUT2D eigenvalue weighted by Crippen LogP contribution is -2.42. The summed E-state index contributed by atoms with van der Waals surface area (Å²) in [6.45, 7) is 14.7. The van der Waals surface area contributed by atoms with E-state index in [1.54, 1.807) is 18.2 Å². The summed E-state index contributed by atoms with van der Waals surface area (Å²) in [7, 11) is 0. The van der Waals surface area contributed by atoms with Gasteiger partial charge in [-0.2, -0.15) is 0 Å². The Kier molecular flexibility index (Phi) is 16.5. The van der Waals surface area contributed by atoms with Gasteiger partial charge in [-0.3, -0.25) is 9.69 Å². The molecule has 0 aliphatic carbocycles. The summed E-state index contributed by atoms with van der Waals surface area (Å²) in [5, 5.41) is 12.3.